The molecule has 0 saturated heterocycles. The third-order valence-electron chi connectivity index (χ3n) is 4.87. The molecule has 1 aliphatic carbocycles. The molecule has 0 amide bonds. The lowest BCUT2D eigenvalue weighted by Gasteiger charge is -2.38. The molecule has 2 N–H and O–H groups in total. The Balaban J connectivity index is 1.96. The van der Waals surface area contributed by atoms with Crippen LogP contribution in [0.25, 0.3) is 0 Å². The van der Waals surface area contributed by atoms with Crippen LogP contribution in [0.2, 0.25) is 18.1 Å². The van der Waals surface area contributed by atoms with Crippen molar-refractivity contribution in [3.05, 3.63) is 23.4 Å². The maximum Gasteiger partial charge on any atom is 0.191 e. The van der Waals surface area contributed by atoms with E-state index in [2.05, 4.69) is 44.9 Å². The lowest BCUT2D eigenvalue weighted by molar-refractivity contribution is 0.214. The third kappa shape index (κ3) is 3.41. The van der Waals surface area contributed by atoms with Gasteiger partial charge < -0.3 is 10.2 Å². The molecule has 1 heterocycles. The van der Waals surface area contributed by atoms with Gasteiger partial charge in [-0.3, -0.25) is 0 Å². The van der Waals surface area contributed by atoms with E-state index in [9.17, 15) is 0 Å². The molecule has 0 saturated carbocycles. The predicted octanol–water partition coefficient (Wildman–Crippen LogP) is 3.79. The highest BCUT2D eigenvalue weighted by molar-refractivity contribution is 6.74. The van der Waals surface area contributed by atoms with Gasteiger partial charge >= 0.3 is 0 Å². The minimum atomic E-state index is -1.63. The number of pyridine rings is 1. The molecule has 3 nitrogen and oxygen atoms in total. The van der Waals surface area contributed by atoms with Crippen molar-refractivity contribution in [2.24, 2.45) is 5.92 Å². The van der Waals surface area contributed by atoms with E-state index in [0.717, 1.165) is 25.9 Å². The molecule has 0 bridgehead atoms. The van der Waals surface area contributed by atoms with Crippen molar-refractivity contribution in [1.29, 1.82) is 0 Å². The van der Waals surface area contributed by atoms with E-state index in [1.54, 1.807) is 0 Å². The second-order valence-electron chi connectivity index (χ2n) is 7.52. The summed E-state index contributed by atoms with van der Waals surface area (Å²) < 4.78 is 6.37. The molecule has 2 rings (SSSR count). The summed E-state index contributed by atoms with van der Waals surface area (Å²) >= 11 is 0. The van der Waals surface area contributed by atoms with Gasteiger partial charge in [0.2, 0.25) is 0 Å². The van der Waals surface area contributed by atoms with E-state index in [4.69, 9.17) is 10.2 Å². The van der Waals surface area contributed by atoms with E-state index < -0.39 is 8.32 Å². The fourth-order valence-corrected chi connectivity index (χ4v) is 3.47. The summed E-state index contributed by atoms with van der Waals surface area (Å²) in [6.45, 7) is 12.4. The Morgan fingerprint density at radius 3 is 2.70 bits per heavy atom. The molecule has 1 atom stereocenters. The van der Waals surface area contributed by atoms with Crippen LogP contribution in [0, 0.1) is 5.92 Å². The summed E-state index contributed by atoms with van der Waals surface area (Å²) in [5, 5.41) is 0.287. The van der Waals surface area contributed by atoms with Gasteiger partial charge in [0, 0.05) is 12.3 Å². The topological polar surface area (TPSA) is 48.1 Å². The van der Waals surface area contributed by atoms with E-state index in [0.29, 0.717) is 11.7 Å². The molecule has 4 heteroatoms. The summed E-state index contributed by atoms with van der Waals surface area (Å²) in [6, 6.07) is 4.05. The van der Waals surface area contributed by atoms with Gasteiger partial charge in [-0.2, -0.15) is 0 Å². The lowest BCUT2D eigenvalue weighted by atomic mass is 9.87. The molecule has 1 aromatic rings. The zero-order chi connectivity index (χ0) is 15.0. The highest BCUT2D eigenvalue weighted by Gasteiger charge is 2.37. The number of nitrogens with zero attached hydrogens (tertiary/aromatic N) is 1. The van der Waals surface area contributed by atoms with E-state index >= 15 is 0 Å². The summed E-state index contributed by atoms with van der Waals surface area (Å²) in [6.07, 6.45) is 3.28. The van der Waals surface area contributed by atoms with Crippen molar-refractivity contribution in [1.82, 2.24) is 4.98 Å². The molecule has 0 radical (unpaired) electrons. The maximum atomic E-state index is 6.37. The second-order valence-corrected chi connectivity index (χ2v) is 12.3. The number of hydrogen-bond donors (Lipinski definition) is 1. The van der Waals surface area contributed by atoms with Crippen LogP contribution in [0.5, 0.6) is 0 Å². The first-order valence-corrected chi connectivity index (χ1v) is 10.5. The van der Waals surface area contributed by atoms with Gasteiger partial charge in [0.15, 0.2) is 8.32 Å². The molecule has 112 valence electrons. The normalized spacial score (nSPS) is 19.8. The minimum absolute atomic E-state index is 0.287. The summed E-state index contributed by atoms with van der Waals surface area (Å²) in [5.74, 6) is 1.27. The van der Waals surface area contributed by atoms with Crippen LogP contribution in [0.1, 0.15) is 38.4 Å². The van der Waals surface area contributed by atoms with Crippen molar-refractivity contribution in [3.63, 3.8) is 0 Å². The largest absolute Gasteiger partial charge is 0.417 e. The number of hydrogen-bond acceptors (Lipinski definition) is 3. The zero-order valence-corrected chi connectivity index (χ0v) is 14.5. The van der Waals surface area contributed by atoms with Crippen LogP contribution in [0.15, 0.2) is 12.1 Å². The van der Waals surface area contributed by atoms with Crippen molar-refractivity contribution >= 4 is 14.1 Å². The Hall–Kier alpha value is -0.873. The van der Waals surface area contributed by atoms with Crippen molar-refractivity contribution in [2.45, 2.75) is 58.2 Å². The molecular weight excluding hydrogens is 264 g/mol. The van der Waals surface area contributed by atoms with Crippen LogP contribution in [-0.2, 0) is 17.3 Å². The van der Waals surface area contributed by atoms with Crippen molar-refractivity contribution in [2.75, 3.05) is 12.3 Å². The number of anilines is 1. The van der Waals surface area contributed by atoms with Crippen molar-refractivity contribution in [3.8, 4) is 0 Å². The fourth-order valence-electron chi connectivity index (χ4n) is 2.39. The molecule has 0 unspecified atom stereocenters. The average molecular weight is 292 g/mol. The van der Waals surface area contributed by atoms with Crippen molar-refractivity contribution < 1.29 is 4.43 Å². The molecule has 0 fully saturated rings. The Kier molecular flexibility index (Phi) is 4.26. The van der Waals surface area contributed by atoms with Gasteiger partial charge in [0.25, 0.3) is 0 Å². The highest BCUT2D eigenvalue weighted by Crippen LogP contribution is 2.37. The van der Waals surface area contributed by atoms with Gasteiger partial charge in [0.05, 0.1) is 0 Å². The first kappa shape index (κ1) is 15.5. The van der Waals surface area contributed by atoms with Crippen LogP contribution in [0.3, 0.4) is 0 Å². The first-order valence-electron chi connectivity index (χ1n) is 7.57. The second kappa shape index (κ2) is 5.49. The fraction of sp³-hybridized carbons (Fsp3) is 0.688. The van der Waals surface area contributed by atoms with Gasteiger partial charge in [0.1, 0.15) is 5.82 Å². The first-order chi connectivity index (χ1) is 9.19. The van der Waals surface area contributed by atoms with Gasteiger partial charge in [-0.1, -0.05) is 26.8 Å². The van der Waals surface area contributed by atoms with Gasteiger partial charge in [-0.15, -0.1) is 0 Å². The van der Waals surface area contributed by atoms with Crippen LogP contribution in [-0.4, -0.2) is 19.9 Å². The Morgan fingerprint density at radius 1 is 1.35 bits per heavy atom. The minimum Gasteiger partial charge on any atom is -0.417 e. The van der Waals surface area contributed by atoms with Gasteiger partial charge in [-0.05, 0) is 54.9 Å². The number of nitrogens with two attached hydrogens (primary N) is 1. The molecular formula is C16H28N2OSi. The maximum absolute atomic E-state index is 6.37. The molecule has 0 spiro atoms. The monoisotopic (exact) mass is 292 g/mol. The molecule has 1 aromatic heterocycles. The third-order valence-corrected chi connectivity index (χ3v) is 9.37. The van der Waals surface area contributed by atoms with Crippen LogP contribution < -0.4 is 5.73 Å². The number of rotatable bonds is 3. The zero-order valence-electron chi connectivity index (χ0n) is 13.5. The number of aromatic nitrogens is 1. The standard InChI is InChI=1S/C16H28N2OSi/c1-16(2,3)20(4,5)19-11-12-6-8-14-13(10-12)7-9-15(17)18-14/h7,9,12H,6,8,10-11H2,1-5H3,(H2,17,18)/t12-/m0/s1. The molecule has 1 aliphatic rings. The molecule has 20 heavy (non-hydrogen) atoms. The quantitative estimate of drug-likeness (QED) is 0.862. The number of aryl methyl sites for hydroxylation is 1. The summed E-state index contributed by atoms with van der Waals surface area (Å²) in [7, 11) is -1.63. The van der Waals surface area contributed by atoms with Gasteiger partial charge in [-0.25, -0.2) is 4.98 Å². The van der Waals surface area contributed by atoms with E-state index in [-0.39, 0.29) is 5.04 Å². The molecule has 0 aromatic carbocycles. The Labute approximate surface area is 124 Å². The smallest absolute Gasteiger partial charge is 0.191 e. The average Bonchev–Trinajstić information content (AvgIpc) is 2.35. The van der Waals surface area contributed by atoms with Crippen LogP contribution >= 0.6 is 0 Å². The highest BCUT2D eigenvalue weighted by atomic mass is 28.4. The molecule has 0 aliphatic heterocycles. The Morgan fingerprint density at radius 2 is 2.05 bits per heavy atom. The number of fused-ring (bicyclic) bond motifs is 1. The lowest BCUT2D eigenvalue weighted by Crippen LogP contribution is -2.42. The SMILES string of the molecule is CC(C)(C)[Si](C)(C)OC[C@H]1CCc2nc(N)ccc2C1. The number of nitrogen functional groups attached to an aromatic ring is 1. The summed E-state index contributed by atoms with van der Waals surface area (Å²) in [4.78, 5) is 4.44. The summed E-state index contributed by atoms with van der Waals surface area (Å²) in [5.41, 5.74) is 8.29. The Bertz CT molecular complexity index is 480. The predicted molar refractivity (Wildman–Crippen MR) is 87.3 cm³/mol. The van der Waals surface area contributed by atoms with E-state index in [1.807, 2.05) is 6.07 Å². The van der Waals surface area contributed by atoms with Crippen LogP contribution in [0.4, 0.5) is 5.82 Å². The van der Waals surface area contributed by atoms with E-state index in [1.165, 1.54) is 11.3 Å².